The van der Waals surface area contributed by atoms with Crippen molar-refractivity contribution in [2.45, 2.75) is 26.9 Å². The monoisotopic (exact) mass is 231 g/mol. The summed E-state index contributed by atoms with van der Waals surface area (Å²) in [6, 6.07) is 8.12. The van der Waals surface area contributed by atoms with E-state index in [1.807, 2.05) is 44.9 Å². The van der Waals surface area contributed by atoms with E-state index in [4.69, 9.17) is 5.73 Å². The molecule has 0 spiro atoms. The van der Waals surface area contributed by atoms with E-state index in [0.717, 1.165) is 22.7 Å². The van der Waals surface area contributed by atoms with Crippen LogP contribution in [-0.4, -0.2) is 18.9 Å². The second-order valence-electron chi connectivity index (χ2n) is 3.73. The molecule has 0 amide bonds. The van der Waals surface area contributed by atoms with Gasteiger partial charge in [0.25, 0.3) is 0 Å². The summed E-state index contributed by atoms with van der Waals surface area (Å²) in [5, 5.41) is 0. The lowest BCUT2D eigenvalue weighted by Gasteiger charge is -2.23. The Hall–Kier alpha value is -1.61. The van der Waals surface area contributed by atoms with Gasteiger partial charge in [-0.3, -0.25) is 4.99 Å². The minimum Gasteiger partial charge on any atom is -0.345 e. The van der Waals surface area contributed by atoms with Gasteiger partial charge in [0, 0.05) is 29.7 Å². The third-order valence-electron chi connectivity index (χ3n) is 2.76. The van der Waals surface area contributed by atoms with Crippen molar-refractivity contribution in [3.05, 3.63) is 42.1 Å². The molecule has 0 aliphatic carbocycles. The number of benzene rings is 1. The van der Waals surface area contributed by atoms with Crippen LogP contribution in [0.1, 0.15) is 26.3 Å². The van der Waals surface area contributed by atoms with Crippen molar-refractivity contribution in [1.29, 1.82) is 0 Å². The average molecular weight is 231 g/mol. The van der Waals surface area contributed by atoms with E-state index in [0.29, 0.717) is 0 Å². The highest BCUT2D eigenvalue weighted by atomic mass is 15.2. The Morgan fingerprint density at radius 2 is 1.88 bits per heavy atom. The number of hydrogen-bond donors (Lipinski definition) is 1. The first-order chi connectivity index (χ1) is 8.11. The van der Waals surface area contributed by atoms with Crippen LogP contribution in [0.25, 0.3) is 0 Å². The predicted molar refractivity (Wildman–Crippen MR) is 75.5 cm³/mol. The quantitative estimate of drug-likeness (QED) is 0.746. The largest absolute Gasteiger partial charge is 0.345 e. The van der Waals surface area contributed by atoms with Crippen LogP contribution in [0.15, 0.2) is 41.5 Å². The average Bonchev–Trinajstić information content (AvgIpc) is 2.45. The summed E-state index contributed by atoms with van der Waals surface area (Å²) in [6.07, 6.45) is -0.345. The first-order valence-electron chi connectivity index (χ1n) is 5.93. The van der Waals surface area contributed by atoms with Gasteiger partial charge in [-0.25, -0.2) is 0 Å². The molecule has 2 rings (SSSR count). The topological polar surface area (TPSA) is 41.6 Å². The summed E-state index contributed by atoms with van der Waals surface area (Å²) in [5.41, 5.74) is 9.92. The SMILES string of the molecule is C=C1C(N)N=C(C)c2ccccc2N1C.CC. The van der Waals surface area contributed by atoms with E-state index in [9.17, 15) is 0 Å². The molecule has 0 radical (unpaired) electrons. The fourth-order valence-corrected chi connectivity index (χ4v) is 1.78. The molecular weight excluding hydrogens is 210 g/mol. The number of nitrogens with zero attached hydrogens (tertiary/aromatic N) is 2. The summed E-state index contributed by atoms with van der Waals surface area (Å²) in [4.78, 5) is 6.40. The molecule has 1 heterocycles. The van der Waals surface area contributed by atoms with Crippen LogP contribution >= 0.6 is 0 Å². The lowest BCUT2D eigenvalue weighted by molar-refractivity contribution is 0.793. The van der Waals surface area contributed by atoms with Crippen molar-refractivity contribution in [1.82, 2.24) is 0 Å². The zero-order valence-electron chi connectivity index (χ0n) is 11.1. The summed E-state index contributed by atoms with van der Waals surface area (Å²) in [5.74, 6) is 0. The Kier molecular flexibility index (Phi) is 4.46. The summed E-state index contributed by atoms with van der Waals surface area (Å²) in [6.45, 7) is 9.94. The third kappa shape index (κ3) is 2.56. The number of fused-ring (bicyclic) bond motifs is 1. The van der Waals surface area contributed by atoms with Gasteiger partial charge in [-0.05, 0) is 13.0 Å². The van der Waals surface area contributed by atoms with Crippen molar-refractivity contribution in [3.8, 4) is 0 Å². The molecule has 1 atom stereocenters. The molecule has 17 heavy (non-hydrogen) atoms. The zero-order chi connectivity index (χ0) is 13.0. The van der Waals surface area contributed by atoms with Crippen LogP contribution in [0.4, 0.5) is 5.69 Å². The van der Waals surface area contributed by atoms with Gasteiger partial charge in [0.15, 0.2) is 0 Å². The van der Waals surface area contributed by atoms with Gasteiger partial charge in [0.2, 0.25) is 0 Å². The van der Waals surface area contributed by atoms with Crippen molar-refractivity contribution in [2.24, 2.45) is 10.7 Å². The molecular formula is C14H21N3. The standard InChI is InChI=1S/C12H15N3.C2H6/c1-8-10-6-4-5-7-11(10)15(3)9(2)12(13)14-8;1-2/h4-7,12H,2,13H2,1,3H3;1-2H3. The minimum absolute atomic E-state index is 0.345. The van der Waals surface area contributed by atoms with Crippen LogP contribution in [0, 0.1) is 0 Å². The summed E-state index contributed by atoms with van der Waals surface area (Å²) >= 11 is 0. The van der Waals surface area contributed by atoms with E-state index in [1.165, 1.54) is 0 Å². The van der Waals surface area contributed by atoms with Crippen LogP contribution in [0.2, 0.25) is 0 Å². The van der Waals surface area contributed by atoms with Gasteiger partial charge in [-0.15, -0.1) is 0 Å². The normalized spacial score (nSPS) is 18.6. The number of nitrogens with two attached hydrogens (primary N) is 1. The molecule has 0 fully saturated rings. The molecule has 0 saturated heterocycles. The predicted octanol–water partition coefficient (Wildman–Crippen LogP) is 2.77. The molecule has 0 bridgehead atoms. The Morgan fingerprint density at radius 1 is 1.29 bits per heavy atom. The van der Waals surface area contributed by atoms with Gasteiger partial charge in [0.05, 0.1) is 0 Å². The van der Waals surface area contributed by atoms with E-state index in [1.54, 1.807) is 0 Å². The molecule has 1 unspecified atom stereocenters. The highest BCUT2D eigenvalue weighted by Gasteiger charge is 2.19. The summed E-state index contributed by atoms with van der Waals surface area (Å²) in [7, 11) is 1.97. The molecule has 1 aliphatic heterocycles. The Bertz CT molecular complexity index is 435. The number of hydrogen-bond acceptors (Lipinski definition) is 3. The lowest BCUT2D eigenvalue weighted by Crippen LogP contribution is -2.29. The first-order valence-corrected chi connectivity index (χ1v) is 5.93. The molecule has 3 heteroatoms. The van der Waals surface area contributed by atoms with E-state index in [2.05, 4.69) is 23.7 Å². The van der Waals surface area contributed by atoms with Gasteiger partial charge < -0.3 is 10.6 Å². The van der Waals surface area contributed by atoms with E-state index < -0.39 is 0 Å². The van der Waals surface area contributed by atoms with Crippen molar-refractivity contribution in [2.75, 3.05) is 11.9 Å². The third-order valence-corrected chi connectivity index (χ3v) is 2.76. The highest BCUT2D eigenvalue weighted by molar-refractivity contribution is 6.04. The Morgan fingerprint density at radius 3 is 2.53 bits per heavy atom. The Labute approximate surface area is 104 Å². The Balaban J connectivity index is 0.000000686. The molecule has 1 aromatic rings. The molecule has 0 aromatic heterocycles. The number of para-hydroxylation sites is 1. The second kappa shape index (κ2) is 5.64. The molecule has 92 valence electrons. The van der Waals surface area contributed by atoms with Gasteiger partial charge in [-0.1, -0.05) is 38.6 Å². The summed E-state index contributed by atoms with van der Waals surface area (Å²) < 4.78 is 0. The van der Waals surface area contributed by atoms with Gasteiger partial charge in [0.1, 0.15) is 6.17 Å². The van der Waals surface area contributed by atoms with Crippen molar-refractivity contribution in [3.63, 3.8) is 0 Å². The van der Waals surface area contributed by atoms with E-state index >= 15 is 0 Å². The number of anilines is 1. The fourth-order valence-electron chi connectivity index (χ4n) is 1.78. The molecule has 3 nitrogen and oxygen atoms in total. The maximum Gasteiger partial charge on any atom is 0.137 e. The van der Waals surface area contributed by atoms with Crippen LogP contribution in [-0.2, 0) is 0 Å². The van der Waals surface area contributed by atoms with Crippen LogP contribution in [0.3, 0.4) is 0 Å². The van der Waals surface area contributed by atoms with Gasteiger partial charge in [-0.2, -0.15) is 0 Å². The lowest BCUT2D eigenvalue weighted by atomic mass is 10.1. The highest BCUT2D eigenvalue weighted by Crippen LogP contribution is 2.26. The number of aliphatic imine (C=N–C) groups is 1. The molecule has 1 aliphatic rings. The smallest absolute Gasteiger partial charge is 0.137 e. The molecule has 2 N–H and O–H groups in total. The minimum atomic E-state index is -0.345. The van der Waals surface area contributed by atoms with Crippen molar-refractivity contribution >= 4 is 11.4 Å². The van der Waals surface area contributed by atoms with Crippen LogP contribution < -0.4 is 10.6 Å². The molecule has 0 saturated carbocycles. The van der Waals surface area contributed by atoms with Crippen LogP contribution in [0.5, 0.6) is 0 Å². The van der Waals surface area contributed by atoms with E-state index in [-0.39, 0.29) is 6.17 Å². The van der Waals surface area contributed by atoms with Crippen molar-refractivity contribution < 1.29 is 0 Å². The maximum atomic E-state index is 5.91. The maximum absolute atomic E-state index is 5.91. The number of likely N-dealkylation sites (N-methyl/N-ethyl adjacent to an activating group) is 1. The zero-order valence-corrected chi connectivity index (χ0v) is 11.1. The first kappa shape index (κ1) is 13.5. The number of benzodiazepines with no additional fused rings is 1. The fraction of sp³-hybridized carbons (Fsp3) is 0.357. The molecule has 1 aromatic carbocycles. The number of rotatable bonds is 0. The second-order valence-corrected chi connectivity index (χ2v) is 3.73. The van der Waals surface area contributed by atoms with Gasteiger partial charge >= 0.3 is 0 Å².